The summed E-state index contributed by atoms with van der Waals surface area (Å²) in [6.07, 6.45) is 1.90. The van der Waals surface area contributed by atoms with Crippen molar-refractivity contribution in [3.05, 3.63) is 36.2 Å². The highest BCUT2D eigenvalue weighted by molar-refractivity contribution is 6.62. The third-order valence-electron chi connectivity index (χ3n) is 4.41. The van der Waals surface area contributed by atoms with E-state index in [0.29, 0.717) is 0 Å². The average Bonchev–Trinajstić information content (AvgIpc) is 2.57. The first-order chi connectivity index (χ1) is 9.28. The molecular weight excluding hydrogens is 249 g/mol. The lowest BCUT2D eigenvalue weighted by molar-refractivity contribution is 0.00578. The number of nitrogens with zero attached hydrogens (tertiary/aromatic N) is 1. The van der Waals surface area contributed by atoms with Gasteiger partial charge in [-0.1, -0.05) is 18.2 Å². The third kappa shape index (κ3) is 2.13. The van der Waals surface area contributed by atoms with E-state index in [4.69, 9.17) is 9.31 Å². The van der Waals surface area contributed by atoms with E-state index in [9.17, 15) is 0 Å². The van der Waals surface area contributed by atoms with E-state index in [1.54, 1.807) is 0 Å². The number of rotatable bonds is 1. The van der Waals surface area contributed by atoms with Crippen LogP contribution in [0.5, 0.6) is 0 Å². The first kappa shape index (κ1) is 13.6. The van der Waals surface area contributed by atoms with E-state index in [-0.39, 0.29) is 18.3 Å². The summed E-state index contributed by atoms with van der Waals surface area (Å²) in [5.74, 6) is 0. The van der Waals surface area contributed by atoms with Gasteiger partial charge >= 0.3 is 7.12 Å². The van der Waals surface area contributed by atoms with Crippen LogP contribution in [0.3, 0.4) is 0 Å². The Kier molecular flexibility index (Phi) is 2.92. The lowest BCUT2D eigenvalue weighted by atomic mass is 9.78. The molecule has 3 rings (SSSR count). The molecule has 0 bridgehead atoms. The Hall–Kier alpha value is -1.39. The van der Waals surface area contributed by atoms with Crippen LogP contribution < -0.4 is 5.46 Å². The fourth-order valence-corrected chi connectivity index (χ4v) is 2.40. The molecule has 0 unspecified atom stereocenters. The number of pyridine rings is 1. The van der Waals surface area contributed by atoms with Gasteiger partial charge in [-0.05, 0) is 56.9 Å². The Labute approximate surface area is 120 Å². The summed E-state index contributed by atoms with van der Waals surface area (Å²) < 4.78 is 12.2. The first-order valence-corrected chi connectivity index (χ1v) is 7.00. The topological polar surface area (TPSA) is 31.4 Å². The summed E-state index contributed by atoms with van der Waals surface area (Å²) in [6.45, 7) is 10.3. The number of fused-ring (bicyclic) bond motifs is 1. The van der Waals surface area contributed by atoms with Gasteiger partial charge < -0.3 is 9.31 Å². The van der Waals surface area contributed by atoms with Crippen molar-refractivity contribution in [2.75, 3.05) is 0 Å². The molecule has 0 saturated carbocycles. The maximum absolute atomic E-state index is 6.09. The summed E-state index contributed by atoms with van der Waals surface area (Å²) in [4.78, 5) is 4.32. The lowest BCUT2D eigenvalue weighted by Crippen LogP contribution is -2.41. The Morgan fingerprint density at radius 2 is 1.60 bits per heavy atom. The molecule has 2 aromatic rings. The first-order valence-electron chi connectivity index (χ1n) is 7.00. The van der Waals surface area contributed by atoms with Crippen molar-refractivity contribution >= 4 is 23.4 Å². The maximum Gasteiger partial charge on any atom is 0.494 e. The molecule has 1 aliphatic heterocycles. The van der Waals surface area contributed by atoms with E-state index in [1.807, 2.05) is 13.1 Å². The quantitative estimate of drug-likeness (QED) is 0.746. The van der Waals surface area contributed by atoms with Crippen molar-refractivity contribution in [3.8, 4) is 0 Å². The molecule has 0 N–H and O–H groups in total. The lowest BCUT2D eigenvalue weighted by Gasteiger charge is -2.32. The van der Waals surface area contributed by atoms with Crippen LogP contribution in [0, 0.1) is 6.92 Å². The highest BCUT2D eigenvalue weighted by Gasteiger charge is 2.51. The molecule has 0 radical (unpaired) electrons. The van der Waals surface area contributed by atoms with E-state index in [1.165, 1.54) is 5.39 Å². The van der Waals surface area contributed by atoms with E-state index >= 15 is 0 Å². The van der Waals surface area contributed by atoms with Crippen LogP contribution in [0.4, 0.5) is 0 Å². The van der Waals surface area contributed by atoms with Gasteiger partial charge in [0.2, 0.25) is 0 Å². The third-order valence-corrected chi connectivity index (χ3v) is 4.41. The molecule has 4 heteroatoms. The molecular formula is C16H20BNO2. The van der Waals surface area contributed by atoms with Crippen molar-refractivity contribution in [2.24, 2.45) is 0 Å². The second-order valence-corrected chi connectivity index (χ2v) is 6.52. The van der Waals surface area contributed by atoms with Crippen molar-refractivity contribution < 1.29 is 9.31 Å². The average molecular weight is 269 g/mol. The number of hydrogen-bond donors (Lipinski definition) is 0. The molecule has 20 heavy (non-hydrogen) atoms. The largest absolute Gasteiger partial charge is 0.494 e. The number of benzene rings is 1. The molecule has 1 fully saturated rings. The van der Waals surface area contributed by atoms with Gasteiger partial charge in [0.15, 0.2) is 0 Å². The van der Waals surface area contributed by atoms with E-state index in [2.05, 4.69) is 56.9 Å². The van der Waals surface area contributed by atoms with Gasteiger partial charge in [-0.3, -0.25) is 4.98 Å². The molecule has 1 aliphatic rings. The molecule has 1 saturated heterocycles. The summed E-state index contributed by atoms with van der Waals surface area (Å²) in [5.41, 5.74) is 1.46. The van der Waals surface area contributed by atoms with Gasteiger partial charge in [-0.15, -0.1) is 0 Å². The van der Waals surface area contributed by atoms with Crippen molar-refractivity contribution in [3.63, 3.8) is 0 Å². The highest BCUT2D eigenvalue weighted by atomic mass is 16.7. The van der Waals surface area contributed by atoms with Gasteiger partial charge in [0, 0.05) is 11.9 Å². The second-order valence-electron chi connectivity index (χ2n) is 6.52. The van der Waals surface area contributed by atoms with Crippen LogP contribution in [0.1, 0.15) is 33.4 Å². The summed E-state index contributed by atoms with van der Waals surface area (Å²) >= 11 is 0. The smallest absolute Gasteiger partial charge is 0.399 e. The fraction of sp³-hybridized carbons (Fsp3) is 0.438. The summed E-state index contributed by atoms with van der Waals surface area (Å²) in [7, 11) is -0.308. The zero-order valence-corrected chi connectivity index (χ0v) is 12.7. The van der Waals surface area contributed by atoms with Gasteiger partial charge in [0.1, 0.15) is 0 Å². The molecule has 0 atom stereocenters. The normalized spacial score (nSPS) is 20.6. The molecule has 1 aromatic carbocycles. The minimum absolute atomic E-state index is 0.305. The van der Waals surface area contributed by atoms with Crippen LogP contribution >= 0.6 is 0 Å². The zero-order chi connectivity index (χ0) is 14.5. The molecule has 104 valence electrons. The van der Waals surface area contributed by atoms with Crippen LogP contribution in [0.25, 0.3) is 10.8 Å². The predicted molar refractivity (Wildman–Crippen MR) is 82.2 cm³/mol. The highest BCUT2D eigenvalue weighted by Crippen LogP contribution is 2.36. The van der Waals surface area contributed by atoms with Crippen LogP contribution in [-0.4, -0.2) is 23.3 Å². The van der Waals surface area contributed by atoms with Crippen molar-refractivity contribution in [2.45, 2.75) is 45.8 Å². The Morgan fingerprint density at radius 3 is 2.25 bits per heavy atom. The number of aromatic nitrogens is 1. The van der Waals surface area contributed by atoms with E-state index in [0.717, 1.165) is 16.5 Å². The molecule has 0 aliphatic carbocycles. The van der Waals surface area contributed by atoms with Crippen molar-refractivity contribution in [1.29, 1.82) is 0 Å². The van der Waals surface area contributed by atoms with E-state index < -0.39 is 0 Å². The van der Waals surface area contributed by atoms with Gasteiger partial charge in [0.25, 0.3) is 0 Å². The molecule has 2 heterocycles. The second kappa shape index (κ2) is 4.30. The van der Waals surface area contributed by atoms with Gasteiger partial charge in [0.05, 0.1) is 11.2 Å². The number of aryl methyl sites for hydroxylation is 1. The van der Waals surface area contributed by atoms with Gasteiger partial charge in [-0.2, -0.15) is 0 Å². The van der Waals surface area contributed by atoms with Crippen molar-refractivity contribution in [1.82, 2.24) is 4.98 Å². The maximum atomic E-state index is 6.09. The minimum Gasteiger partial charge on any atom is -0.399 e. The zero-order valence-electron chi connectivity index (χ0n) is 12.7. The summed E-state index contributed by atoms with van der Waals surface area (Å²) in [5, 5.41) is 2.31. The van der Waals surface area contributed by atoms with Crippen LogP contribution in [0.2, 0.25) is 0 Å². The summed E-state index contributed by atoms with van der Waals surface area (Å²) in [6, 6.07) is 8.35. The van der Waals surface area contributed by atoms with Crippen LogP contribution in [-0.2, 0) is 9.31 Å². The monoisotopic (exact) mass is 269 g/mol. The number of hydrogen-bond acceptors (Lipinski definition) is 3. The molecule has 3 nitrogen and oxygen atoms in total. The Bertz CT molecular complexity index is 651. The SMILES string of the molecule is Cc1cc2cc(B3OC(C)(C)C(C)(C)O3)ccc2cn1. The standard InChI is InChI=1S/C16H20BNO2/c1-11-8-13-9-14(7-6-12(13)10-18-11)17-19-15(2,3)16(4,5)20-17/h6-10H,1-5H3. The predicted octanol–water partition coefficient (Wildman–Crippen LogP) is 2.84. The molecule has 0 spiro atoms. The Balaban J connectivity index is 2.00. The van der Waals surface area contributed by atoms with Gasteiger partial charge in [-0.25, -0.2) is 0 Å². The molecule has 1 aromatic heterocycles. The minimum atomic E-state index is -0.308. The fourth-order valence-electron chi connectivity index (χ4n) is 2.40. The molecule has 0 amide bonds. The van der Waals surface area contributed by atoms with Crippen LogP contribution in [0.15, 0.2) is 30.5 Å². The Morgan fingerprint density at radius 1 is 0.950 bits per heavy atom.